The molecule has 3 atom stereocenters. The quantitative estimate of drug-likeness (QED) is 0.585. The molecular formula is C21H26N2O6. The van der Waals surface area contributed by atoms with Crippen LogP contribution in [0.25, 0.3) is 11.1 Å². The minimum Gasteiger partial charge on any atom is -0.481 e. The van der Waals surface area contributed by atoms with Gasteiger partial charge in [0.25, 0.3) is 5.89 Å². The van der Waals surface area contributed by atoms with Crippen LogP contribution < -0.4 is 5.32 Å². The molecule has 0 radical (unpaired) electrons. The van der Waals surface area contributed by atoms with Crippen LogP contribution in [0.3, 0.4) is 0 Å². The second-order valence-electron chi connectivity index (χ2n) is 7.58. The molecule has 2 N–H and O–H groups in total. The van der Waals surface area contributed by atoms with Crippen LogP contribution in [0, 0.1) is 17.8 Å². The summed E-state index contributed by atoms with van der Waals surface area (Å²) in [6, 6.07) is 5.93. The lowest BCUT2D eigenvalue weighted by Gasteiger charge is -2.20. The van der Waals surface area contributed by atoms with E-state index in [4.69, 9.17) is 9.52 Å². The van der Waals surface area contributed by atoms with E-state index in [9.17, 15) is 19.2 Å². The Kier molecular flexibility index (Phi) is 7.25. The van der Waals surface area contributed by atoms with Crippen molar-refractivity contribution in [2.75, 3.05) is 0 Å². The zero-order valence-corrected chi connectivity index (χ0v) is 17.0. The van der Waals surface area contributed by atoms with Crippen molar-refractivity contribution in [3.63, 3.8) is 0 Å². The Morgan fingerprint density at radius 2 is 1.72 bits per heavy atom. The van der Waals surface area contributed by atoms with Gasteiger partial charge in [-0.1, -0.05) is 32.9 Å². The number of hydrogen-bond acceptors (Lipinski definition) is 6. The van der Waals surface area contributed by atoms with E-state index in [2.05, 4.69) is 10.3 Å². The van der Waals surface area contributed by atoms with Crippen LogP contribution in [-0.4, -0.2) is 39.6 Å². The number of aromatic nitrogens is 1. The van der Waals surface area contributed by atoms with Crippen molar-refractivity contribution in [1.82, 2.24) is 10.3 Å². The van der Waals surface area contributed by atoms with Crippen LogP contribution in [0.5, 0.6) is 0 Å². The molecule has 0 unspecified atom stereocenters. The molecule has 0 saturated carbocycles. The average molecular weight is 402 g/mol. The summed E-state index contributed by atoms with van der Waals surface area (Å²) < 4.78 is 5.42. The maximum absolute atomic E-state index is 12.8. The first kappa shape index (κ1) is 22.3. The number of hydrogen-bond donors (Lipinski definition) is 2. The number of nitrogens with one attached hydrogen (secondary N) is 1. The van der Waals surface area contributed by atoms with E-state index >= 15 is 0 Å². The van der Waals surface area contributed by atoms with Crippen LogP contribution in [-0.2, 0) is 14.4 Å². The highest BCUT2D eigenvalue weighted by molar-refractivity contribution is 6.00. The molecule has 1 heterocycles. The van der Waals surface area contributed by atoms with E-state index in [1.165, 1.54) is 6.92 Å². The topological polar surface area (TPSA) is 127 Å². The predicted molar refractivity (Wildman–Crippen MR) is 105 cm³/mol. The number of ketones is 2. The number of carboxylic acid groups (broad SMARTS) is 1. The van der Waals surface area contributed by atoms with E-state index < -0.39 is 35.9 Å². The summed E-state index contributed by atoms with van der Waals surface area (Å²) in [6.07, 6.45) is -0.867. The lowest BCUT2D eigenvalue weighted by atomic mass is 9.91. The average Bonchev–Trinajstić information content (AvgIpc) is 3.09. The molecule has 2 aromatic rings. The van der Waals surface area contributed by atoms with Crippen LogP contribution >= 0.6 is 0 Å². The Labute approximate surface area is 168 Å². The summed E-state index contributed by atoms with van der Waals surface area (Å²) >= 11 is 0. The molecule has 0 aliphatic heterocycles. The van der Waals surface area contributed by atoms with Gasteiger partial charge in [-0.15, -0.1) is 0 Å². The Balaban J connectivity index is 2.13. The number of para-hydroxylation sites is 2. The molecule has 0 spiro atoms. The van der Waals surface area contributed by atoms with Gasteiger partial charge in [0.15, 0.2) is 11.4 Å². The van der Waals surface area contributed by atoms with Gasteiger partial charge in [0, 0.05) is 18.3 Å². The van der Waals surface area contributed by atoms with Gasteiger partial charge in [-0.3, -0.25) is 19.2 Å². The van der Waals surface area contributed by atoms with Gasteiger partial charge < -0.3 is 14.8 Å². The number of carboxylic acids is 1. The Bertz CT molecular complexity index is 884. The lowest BCUT2D eigenvalue weighted by molar-refractivity contribution is -0.138. The smallest absolute Gasteiger partial charge is 0.304 e. The number of benzene rings is 1. The normalized spacial score (nSPS) is 14.4. The Morgan fingerprint density at radius 3 is 2.31 bits per heavy atom. The van der Waals surface area contributed by atoms with Crippen LogP contribution in [0.1, 0.15) is 51.2 Å². The maximum Gasteiger partial charge on any atom is 0.304 e. The fourth-order valence-corrected chi connectivity index (χ4v) is 2.77. The van der Waals surface area contributed by atoms with Gasteiger partial charge in [-0.05, 0) is 25.0 Å². The van der Waals surface area contributed by atoms with E-state index in [-0.39, 0.29) is 30.1 Å². The first-order chi connectivity index (χ1) is 13.6. The summed E-state index contributed by atoms with van der Waals surface area (Å²) in [6.45, 7) is 7.09. The number of nitrogens with zero attached hydrogens (tertiary/aromatic N) is 1. The highest BCUT2D eigenvalue weighted by Crippen LogP contribution is 2.21. The summed E-state index contributed by atoms with van der Waals surface area (Å²) in [5.74, 6) is -4.07. The predicted octanol–water partition coefficient (Wildman–Crippen LogP) is 2.86. The summed E-state index contributed by atoms with van der Waals surface area (Å²) in [7, 11) is 0. The number of rotatable bonds is 10. The van der Waals surface area contributed by atoms with E-state index in [0.29, 0.717) is 11.1 Å². The molecule has 0 aliphatic carbocycles. The van der Waals surface area contributed by atoms with E-state index in [0.717, 1.165) is 0 Å². The molecular weight excluding hydrogens is 376 g/mol. The molecule has 1 amide bonds. The number of aliphatic carboxylic acids is 1. The van der Waals surface area contributed by atoms with Crippen LogP contribution in [0.4, 0.5) is 0 Å². The monoisotopic (exact) mass is 402 g/mol. The Hall–Kier alpha value is -3.03. The zero-order chi connectivity index (χ0) is 21.7. The largest absolute Gasteiger partial charge is 0.481 e. The fourth-order valence-electron chi connectivity index (χ4n) is 2.77. The van der Waals surface area contributed by atoms with Gasteiger partial charge in [-0.2, -0.15) is 0 Å². The first-order valence-corrected chi connectivity index (χ1v) is 9.54. The van der Waals surface area contributed by atoms with Crippen LogP contribution in [0.15, 0.2) is 28.7 Å². The minimum absolute atomic E-state index is 0.109. The number of oxazole rings is 1. The van der Waals surface area contributed by atoms with Crippen molar-refractivity contribution < 1.29 is 28.7 Å². The van der Waals surface area contributed by atoms with E-state index in [1.807, 2.05) is 13.8 Å². The zero-order valence-electron chi connectivity index (χ0n) is 17.0. The summed E-state index contributed by atoms with van der Waals surface area (Å²) in [5.41, 5.74) is 0.874. The Morgan fingerprint density at radius 1 is 1.07 bits per heavy atom. The SMILES string of the molecule is CC(C)[C@@H](C)C(=O)N[C@@H](C)C(=O)C[C@H](CC(=O)O)C(=O)c1nc2ccccc2o1. The second kappa shape index (κ2) is 9.45. The second-order valence-corrected chi connectivity index (χ2v) is 7.58. The van der Waals surface area contributed by atoms with Gasteiger partial charge in [0.05, 0.1) is 12.5 Å². The molecule has 0 saturated heterocycles. The van der Waals surface area contributed by atoms with Crippen molar-refractivity contribution in [1.29, 1.82) is 0 Å². The highest BCUT2D eigenvalue weighted by atomic mass is 16.4. The van der Waals surface area contributed by atoms with Crippen molar-refractivity contribution in [3.8, 4) is 0 Å². The highest BCUT2D eigenvalue weighted by Gasteiger charge is 2.31. The third kappa shape index (κ3) is 5.73. The van der Waals surface area contributed by atoms with E-state index in [1.54, 1.807) is 31.2 Å². The summed E-state index contributed by atoms with van der Waals surface area (Å²) in [5, 5.41) is 11.8. The van der Waals surface area contributed by atoms with Crippen molar-refractivity contribution in [2.24, 2.45) is 17.8 Å². The van der Waals surface area contributed by atoms with Gasteiger partial charge >= 0.3 is 5.97 Å². The number of Topliss-reactive ketones (excluding diaryl/α,β-unsaturated/α-hetero) is 2. The molecule has 0 aliphatic rings. The molecule has 2 rings (SSSR count). The molecule has 156 valence electrons. The molecule has 8 heteroatoms. The number of amides is 1. The first-order valence-electron chi connectivity index (χ1n) is 9.54. The molecule has 1 aromatic carbocycles. The van der Waals surface area contributed by atoms with Crippen molar-refractivity contribution >= 4 is 34.5 Å². The molecule has 0 fully saturated rings. The summed E-state index contributed by atoms with van der Waals surface area (Å²) in [4.78, 5) is 52.8. The molecule has 29 heavy (non-hydrogen) atoms. The minimum atomic E-state index is -1.21. The van der Waals surface area contributed by atoms with Gasteiger partial charge in [-0.25, -0.2) is 4.98 Å². The number of carbonyl (C=O) groups is 4. The standard InChI is InChI=1S/C21H26N2O6/c1-11(2)12(3)20(28)22-13(4)16(24)9-14(10-18(25)26)19(27)21-23-15-7-5-6-8-17(15)29-21/h5-8,11-14H,9-10H2,1-4H3,(H,22,28)(H,25,26)/t12-,13+,14-/m1/s1. The number of fused-ring (bicyclic) bond motifs is 1. The third-order valence-electron chi connectivity index (χ3n) is 5.00. The van der Waals surface area contributed by atoms with Gasteiger partial charge in [0.2, 0.25) is 11.7 Å². The number of carbonyl (C=O) groups excluding carboxylic acids is 3. The molecule has 8 nitrogen and oxygen atoms in total. The van der Waals surface area contributed by atoms with Crippen molar-refractivity contribution in [3.05, 3.63) is 30.2 Å². The fraction of sp³-hybridized carbons (Fsp3) is 0.476. The third-order valence-corrected chi connectivity index (χ3v) is 5.00. The van der Waals surface area contributed by atoms with Crippen molar-refractivity contribution in [2.45, 2.75) is 46.6 Å². The molecule has 0 bridgehead atoms. The molecule has 1 aromatic heterocycles. The lowest BCUT2D eigenvalue weighted by Crippen LogP contribution is -2.43. The van der Waals surface area contributed by atoms with Crippen LogP contribution in [0.2, 0.25) is 0 Å². The maximum atomic E-state index is 12.8. The van der Waals surface area contributed by atoms with Gasteiger partial charge in [0.1, 0.15) is 5.52 Å².